The van der Waals surface area contributed by atoms with Gasteiger partial charge in [-0.3, -0.25) is 4.79 Å². The molecule has 1 saturated carbocycles. The molecule has 9 heteroatoms. The third-order valence-corrected chi connectivity index (χ3v) is 7.97. The van der Waals surface area contributed by atoms with Gasteiger partial charge in [-0.1, -0.05) is 37.3 Å². The van der Waals surface area contributed by atoms with Gasteiger partial charge in [0.15, 0.2) is 15.4 Å². The molecule has 198 valence electrons. The number of aromatic nitrogens is 1. The molecule has 1 aliphatic carbocycles. The number of fused-ring (bicyclic) bond motifs is 1. The highest BCUT2D eigenvalue weighted by Crippen LogP contribution is 2.42. The van der Waals surface area contributed by atoms with E-state index in [4.69, 9.17) is 4.42 Å². The highest BCUT2D eigenvalue weighted by Gasteiger charge is 2.32. The summed E-state index contributed by atoms with van der Waals surface area (Å²) in [6, 6.07) is 11.4. The zero-order valence-corrected chi connectivity index (χ0v) is 22.5. The normalized spacial score (nSPS) is 13.7. The smallest absolute Gasteiger partial charge is 0.341 e. The molecule has 0 saturated heterocycles. The van der Waals surface area contributed by atoms with Crippen LogP contribution in [0.3, 0.4) is 0 Å². The summed E-state index contributed by atoms with van der Waals surface area (Å²) in [6.45, 7) is 5.41. The summed E-state index contributed by atoms with van der Waals surface area (Å²) >= 11 is 0. The first-order valence-corrected chi connectivity index (χ1v) is 14.6. The number of hydrogen-bond donors (Lipinski definition) is 1. The van der Waals surface area contributed by atoms with Gasteiger partial charge in [0, 0.05) is 23.6 Å². The Bertz CT molecular complexity index is 1820. The lowest BCUT2D eigenvalue weighted by Gasteiger charge is -2.21. The fourth-order valence-corrected chi connectivity index (χ4v) is 6.03. The van der Waals surface area contributed by atoms with Crippen LogP contribution in [0.1, 0.15) is 48.2 Å². The van der Waals surface area contributed by atoms with Gasteiger partial charge in [0.05, 0.1) is 22.7 Å². The molecule has 38 heavy (non-hydrogen) atoms. The number of halogens is 1. The maximum absolute atomic E-state index is 14.7. The van der Waals surface area contributed by atoms with Crippen molar-refractivity contribution in [2.24, 2.45) is 0 Å². The Morgan fingerprint density at radius 1 is 1.08 bits per heavy atom. The van der Waals surface area contributed by atoms with Crippen LogP contribution >= 0.6 is 0 Å². The Morgan fingerprint density at radius 2 is 1.79 bits per heavy atom. The molecule has 7 nitrogen and oxygen atoms in total. The van der Waals surface area contributed by atoms with E-state index in [0.29, 0.717) is 27.9 Å². The molecule has 1 fully saturated rings. The molecule has 4 aromatic rings. The maximum atomic E-state index is 14.7. The zero-order valence-electron chi connectivity index (χ0n) is 21.7. The standard InChI is InChI=1S/C29H29FN2O5S/c1-5-20-26(31-23-12-7-6-11-22(23)30)25-27(37-29(20)34)24(17(3)32(28(25)33)19-13-14-19)21-10-8-9-18(16(21)2)15-38(4,35)36/h6-12,19,31H,5,13-15H2,1-4H3. The monoisotopic (exact) mass is 536 g/mol. The minimum Gasteiger partial charge on any atom is -0.421 e. The van der Waals surface area contributed by atoms with Gasteiger partial charge in [0.1, 0.15) is 11.2 Å². The second-order valence-corrected chi connectivity index (χ2v) is 12.1. The van der Waals surface area contributed by atoms with Gasteiger partial charge in [-0.2, -0.15) is 0 Å². The first kappa shape index (κ1) is 25.9. The van der Waals surface area contributed by atoms with Crippen LogP contribution in [0.15, 0.2) is 56.5 Å². The van der Waals surface area contributed by atoms with E-state index < -0.39 is 21.3 Å². The van der Waals surface area contributed by atoms with E-state index in [1.807, 2.05) is 19.9 Å². The van der Waals surface area contributed by atoms with Gasteiger partial charge in [-0.15, -0.1) is 0 Å². The number of benzene rings is 2. The van der Waals surface area contributed by atoms with Crippen molar-refractivity contribution in [1.29, 1.82) is 0 Å². The summed E-state index contributed by atoms with van der Waals surface area (Å²) < 4.78 is 46.5. The predicted molar refractivity (Wildman–Crippen MR) is 148 cm³/mol. The molecule has 0 bridgehead atoms. The third-order valence-electron chi connectivity index (χ3n) is 7.13. The highest BCUT2D eigenvalue weighted by atomic mass is 32.2. The van der Waals surface area contributed by atoms with Crippen LogP contribution in [-0.4, -0.2) is 19.2 Å². The van der Waals surface area contributed by atoms with Gasteiger partial charge in [0.25, 0.3) is 5.56 Å². The fraction of sp³-hybridized carbons (Fsp3) is 0.310. The van der Waals surface area contributed by atoms with Crippen molar-refractivity contribution in [1.82, 2.24) is 4.57 Å². The molecular formula is C29H29FN2O5S. The van der Waals surface area contributed by atoms with Gasteiger partial charge in [-0.05, 0) is 61.9 Å². The van der Waals surface area contributed by atoms with E-state index in [-0.39, 0.29) is 51.7 Å². The molecule has 1 aliphatic rings. The lowest BCUT2D eigenvalue weighted by atomic mass is 9.93. The topological polar surface area (TPSA) is 98.4 Å². The van der Waals surface area contributed by atoms with Gasteiger partial charge >= 0.3 is 5.63 Å². The van der Waals surface area contributed by atoms with Gasteiger partial charge in [0.2, 0.25) is 0 Å². The minimum absolute atomic E-state index is 0.00322. The average Bonchev–Trinajstić information content (AvgIpc) is 3.67. The number of rotatable bonds is 7. The second-order valence-electron chi connectivity index (χ2n) is 9.93. The molecule has 0 radical (unpaired) electrons. The number of nitrogens with zero attached hydrogens (tertiary/aromatic N) is 1. The Morgan fingerprint density at radius 3 is 2.42 bits per heavy atom. The quantitative estimate of drug-likeness (QED) is 0.332. The van der Waals surface area contributed by atoms with Crippen LogP contribution in [-0.2, 0) is 22.0 Å². The number of hydrogen-bond acceptors (Lipinski definition) is 6. The van der Waals surface area contributed by atoms with Crippen molar-refractivity contribution in [3.05, 3.63) is 91.4 Å². The van der Waals surface area contributed by atoms with Crippen LogP contribution in [0.2, 0.25) is 0 Å². The molecular weight excluding hydrogens is 507 g/mol. The predicted octanol–water partition coefficient (Wildman–Crippen LogP) is 5.56. The van der Waals surface area contributed by atoms with Crippen LogP contribution in [0.4, 0.5) is 15.8 Å². The van der Waals surface area contributed by atoms with Crippen LogP contribution in [0.25, 0.3) is 22.1 Å². The first-order chi connectivity index (χ1) is 18.0. The number of pyridine rings is 1. The largest absolute Gasteiger partial charge is 0.421 e. The van der Waals surface area contributed by atoms with E-state index in [1.165, 1.54) is 12.3 Å². The zero-order chi connectivity index (χ0) is 27.4. The molecule has 1 N–H and O–H groups in total. The lowest BCUT2D eigenvalue weighted by molar-refractivity contribution is 0.549. The van der Waals surface area contributed by atoms with Crippen molar-refractivity contribution in [3.63, 3.8) is 0 Å². The molecule has 2 aromatic heterocycles. The Labute approximate surface area is 219 Å². The van der Waals surface area contributed by atoms with Crippen molar-refractivity contribution < 1.29 is 17.2 Å². The highest BCUT2D eigenvalue weighted by molar-refractivity contribution is 7.89. The molecule has 0 unspecified atom stereocenters. The van der Waals surface area contributed by atoms with E-state index in [0.717, 1.165) is 12.8 Å². The molecule has 0 spiro atoms. The van der Waals surface area contributed by atoms with Gasteiger partial charge in [-0.25, -0.2) is 17.6 Å². The van der Waals surface area contributed by atoms with E-state index in [1.54, 1.807) is 41.8 Å². The number of anilines is 2. The van der Waals surface area contributed by atoms with Crippen LogP contribution in [0.5, 0.6) is 0 Å². The van der Waals surface area contributed by atoms with Crippen LogP contribution < -0.4 is 16.5 Å². The summed E-state index contributed by atoms with van der Waals surface area (Å²) in [5.41, 5.74) is 2.99. The third kappa shape index (κ3) is 4.55. The second kappa shape index (κ2) is 9.54. The van der Waals surface area contributed by atoms with Crippen LogP contribution in [0, 0.1) is 19.7 Å². The lowest BCUT2D eigenvalue weighted by Crippen LogP contribution is -2.25. The Hall–Kier alpha value is -3.72. The first-order valence-electron chi connectivity index (χ1n) is 12.5. The molecule has 0 aliphatic heterocycles. The number of sulfone groups is 1. The average molecular weight is 537 g/mol. The summed E-state index contributed by atoms with van der Waals surface area (Å²) in [5, 5.41) is 3.20. The fourth-order valence-electron chi connectivity index (χ4n) is 5.15. The van der Waals surface area contributed by atoms with E-state index in [9.17, 15) is 22.4 Å². The SMILES string of the molecule is CCc1c(Nc2ccccc2F)c2c(=O)n(C3CC3)c(C)c(-c3cccc(CS(C)(=O)=O)c3C)c2oc1=O. The Balaban J connectivity index is 1.91. The molecule has 0 atom stereocenters. The number of para-hydroxylation sites is 1. The summed E-state index contributed by atoms with van der Waals surface area (Å²) in [6.07, 6.45) is 3.13. The van der Waals surface area contributed by atoms with Gasteiger partial charge < -0.3 is 14.3 Å². The summed E-state index contributed by atoms with van der Waals surface area (Å²) in [5.74, 6) is -0.661. The van der Waals surface area contributed by atoms with E-state index in [2.05, 4.69) is 5.32 Å². The molecule has 2 aromatic carbocycles. The maximum Gasteiger partial charge on any atom is 0.341 e. The molecule has 5 rings (SSSR count). The molecule has 2 heterocycles. The van der Waals surface area contributed by atoms with Crippen molar-refractivity contribution in [2.45, 2.75) is 51.8 Å². The van der Waals surface area contributed by atoms with E-state index >= 15 is 0 Å². The minimum atomic E-state index is -3.30. The molecule has 0 amide bonds. The number of nitrogens with one attached hydrogen (secondary N) is 1. The summed E-state index contributed by atoms with van der Waals surface area (Å²) in [4.78, 5) is 27.3. The van der Waals surface area contributed by atoms with Crippen molar-refractivity contribution in [3.8, 4) is 11.1 Å². The Kier molecular flexibility index (Phi) is 6.51. The summed E-state index contributed by atoms with van der Waals surface area (Å²) in [7, 11) is -3.30. The van der Waals surface area contributed by atoms with Crippen molar-refractivity contribution >= 4 is 32.2 Å². The van der Waals surface area contributed by atoms with Crippen molar-refractivity contribution in [2.75, 3.05) is 11.6 Å².